The van der Waals surface area contributed by atoms with Crippen LogP contribution in [0, 0.1) is 0 Å². The lowest BCUT2D eigenvalue weighted by molar-refractivity contribution is 0.390. The van der Waals surface area contributed by atoms with Crippen molar-refractivity contribution in [1.29, 1.82) is 0 Å². The molecule has 4 heteroatoms. The van der Waals surface area contributed by atoms with Gasteiger partial charge in [0, 0.05) is 11.6 Å². The van der Waals surface area contributed by atoms with Gasteiger partial charge < -0.3 is 14.8 Å². The van der Waals surface area contributed by atoms with Gasteiger partial charge in [0.2, 0.25) is 0 Å². The number of nitrogens with one attached hydrogen (secondary N) is 1. The molecule has 0 saturated carbocycles. The zero-order valence-corrected chi connectivity index (χ0v) is 14.3. The lowest BCUT2D eigenvalue weighted by Crippen LogP contribution is -2.11. The minimum atomic E-state index is 0.337. The number of rotatable bonds is 5. The van der Waals surface area contributed by atoms with Crippen molar-refractivity contribution in [3.05, 3.63) is 46.4 Å². The monoisotopic (exact) mass is 349 g/mol. The van der Waals surface area contributed by atoms with Gasteiger partial charge in [-0.2, -0.15) is 0 Å². The van der Waals surface area contributed by atoms with Gasteiger partial charge in [0.25, 0.3) is 0 Å². The maximum absolute atomic E-state index is 5.53. The first-order valence-electron chi connectivity index (χ1n) is 6.80. The van der Waals surface area contributed by atoms with Crippen molar-refractivity contribution in [2.75, 3.05) is 21.3 Å². The van der Waals surface area contributed by atoms with E-state index in [0.29, 0.717) is 6.04 Å². The lowest BCUT2D eigenvalue weighted by Gasteiger charge is -2.15. The average Bonchev–Trinajstić information content (AvgIpc) is 2.54. The van der Waals surface area contributed by atoms with E-state index in [-0.39, 0.29) is 0 Å². The third kappa shape index (κ3) is 3.22. The fraction of sp³-hybridized carbons (Fsp3) is 0.294. The fourth-order valence-electron chi connectivity index (χ4n) is 2.24. The Morgan fingerprint density at radius 1 is 1.00 bits per heavy atom. The van der Waals surface area contributed by atoms with Crippen LogP contribution in [0.2, 0.25) is 0 Å². The number of hydrogen-bond donors (Lipinski definition) is 1. The van der Waals surface area contributed by atoms with Crippen LogP contribution in [-0.2, 0) is 0 Å². The van der Waals surface area contributed by atoms with Gasteiger partial charge >= 0.3 is 0 Å². The summed E-state index contributed by atoms with van der Waals surface area (Å²) in [6.45, 7) is 2.14. The lowest BCUT2D eigenvalue weighted by atomic mass is 10.0. The second-order valence-electron chi connectivity index (χ2n) is 4.79. The third-order valence-electron chi connectivity index (χ3n) is 3.64. The van der Waals surface area contributed by atoms with E-state index in [0.717, 1.165) is 27.1 Å². The van der Waals surface area contributed by atoms with Gasteiger partial charge in [0.05, 0.1) is 14.2 Å². The normalized spacial score (nSPS) is 12.0. The Kier molecular flexibility index (Phi) is 5.26. The van der Waals surface area contributed by atoms with Gasteiger partial charge in [-0.3, -0.25) is 0 Å². The van der Waals surface area contributed by atoms with E-state index >= 15 is 0 Å². The third-order valence-corrected chi connectivity index (χ3v) is 4.39. The van der Waals surface area contributed by atoms with Crippen LogP contribution in [0.15, 0.2) is 40.9 Å². The molecule has 1 N–H and O–H groups in total. The molecule has 0 aromatic heterocycles. The fourth-order valence-corrected chi connectivity index (χ4v) is 2.91. The number of benzene rings is 2. The molecule has 0 heterocycles. The van der Waals surface area contributed by atoms with Gasteiger partial charge in [-0.15, -0.1) is 0 Å². The minimum absolute atomic E-state index is 0.337. The van der Waals surface area contributed by atoms with Crippen molar-refractivity contribution in [2.24, 2.45) is 0 Å². The highest BCUT2D eigenvalue weighted by Crippen LogP contribution is 2.42. The zero-order chi connectivity index (χ0) is 15.4. The SMILES string of the molecule is CNC(C)c1ccc(-c2ccc(OC)c(Br)c2OC)cc1. The molecule has 0 aliphatic rings. The molecule has 1 atom stereocenters. The van der Waals surface area contributed by atoms with Crippen LogP contribution in [0.5, 0.6) is 11.5 Å². The number of halogens is 1. The average molecular weight is 350 g/mol. The number of ether oxygens (including phenoxy) is 2. The first kappa shape index (κ1) is 15.9. The Balaban J connectivity index is 2.44. The Morgan fingerprint density at radius 3 is 2.19 bits per heavy atom. The van der Waals surface area contributed by atoms with Gasteiger partial charge in [-0.05, 0) is 53.2 Å². The van der Waals surface area contributed by atoms with Crippen LogP contribution >= 0.6 is 15.9 Å². The molecule has 3 nitrogen and oxygen atoms in total. The second-order valence-corrected chi connectivity index (χ2v) is 5.59. The van der Waals surface area contributed by atoms with Crippen molar-refractivity contribution >= 4 is 15.9 Å². The number of hydrogen-bond acceptors (Lipinski definition) is 3. The van der Waals surface area contributed by atoms with E-state index in [4.69, 9.17) is 9.47 Å². The van der Waals surface area contributed by atoms with Gasteiger partial charge in [0.15, 0.2) is 0 Å². The molecule has 2 rings (SSSR count). The molecule has 0 spiro atoms. The van der Waals surface area contributed by atoms with Crippen LogP contribution in [0.25, 0.3) is 11.1 Å². The minimum Gasteiger partial charge on any atom is -0.495 e. The molecule has 0 radical (unpaired) electrons. The summed E-state index contributed by atoms with van der Waals surface area (Å²) in [4.78, 5) is 0. The molecular formula is C17H20BrNO2. The van der Waals surface area contributed by atoms with Crippen LogP contribution in [0.4, 0.5) is 0 Å². The van der Waals surface area contributed by atoms with Crippen molar-refractivity contribution in [3.63, 3.8) is 0 Å². The molecule has 1 unspecified atom stereocenters. The van der Waals surface area contributed by atoms with Crippen molar-refractivity contribution in [1.82, 2.24) is 5.32 Å². The molecule has 2 aromatic rings. The summed E-state index contributed by atoms with van der Waals surface area (Å²) < 4.78 is 11.7. The van der Waals surface area contributed by atoms with E-state index in [1.165, 1.54) is 5.56 Å². The Labute approximate surface area is 134 Å². The molecule has 2 aromatic carbocycles. The second kappa shape index (κ2) is 6.96. The molecule has 21 heavy (non-hydrogen) atoms. The van der Waals surface area contributed by atoms with E-state index in [9.17, 15) is 0 Å². The van der Waals surface area contributed by atoms with Crippen LogP contribution in [0.1, 0.15) is 18.5 Å². The highest BCUT2D eigenvalue weighted by molar-refractivity contribution is 9.10. The predicted octanol–water partition coefficient (Wildman–Crippen LogP) is 4.41. The van der Waals surface area contributed by atoms with Gasteiger partial charge in [-0.25, -0.2) is 0 Å². The van der Waals surface area contributed by atoms with Crippen LogP contribution < -0.4 is 14.8 Å². The van der Waals surface area contributed by atoms with Crippen LogP contribution in [0.3, 0.4) is 0 Å². The quantitative estimate of drug-likeness (QED) is 0.866. The van der Waals surface area contributed by atoms with Crippen molar-refractivity contribution in [2.45, 2.75) is 13.0 Å². The number of methoxy groups -OCH3 is 2. The highest BCUT2D eigenvalue weighted by atomic mass is 79.9. The molecule has 0 amide bonds. The molecule has 0 aliphatic carbocycles. The smallest absolute Gasteiger partial charge is 0.144 e. The summed E-state index contributed by atoms with van der Waals surface area (Å²) in [6.07, 6.45) is 0. The van der Waals surface area contributed by atoms with E-state index in [1.807, 2.05) is 19.2 Å². The molecule has 0 bridgehead atoms. The standard InChI is InChI=1S/C17H20BrNO2/c1-11(19-2)12-5-7-13(8-6-12)14-9-10-15(20-3)16(18)17(14)21-4/h5-11,19H,1-4H3. The summed E-state index contributed by atoms with van der Waals surface area (Å²) in [6, 6.07) is 12.8. The Morgan fingerprint density at radius 2 is 1.67 bits per heavy atom. The summed E-state index contributed by atoms with van der Waals surface area (Å²) in [5.41, 5.74) is 3.41. The maximum atomic E-state index is 5.53. The van der Waals surface area contributed by atoms with Gasteiger partial charge in [-0.1, -0.05) is 24.3 Å². The predicted molar refractivity (Wildman–Crippen MR) is 90.2 cm³/mol. The Hall–Kier alpha value is -1.52. The summed E-state index contributed by atoms with van der Waals surface area (Å²) in [5, 5.41) is 3.24. The van der Waals surface area contributed by atoms with E-state index in [2.05, 4.69) is 52.4 Å². The van der Waals surface area contributed by atoms with Crippen molar-refractivity contribution < 1.29 is 9.47 Å². The molecule has 112 valence electrons. The molecular weight excluding hydrogens is 330 g/mol. The topological polar surface area (TPSA) is 30.5 Å². The van der Waals surface area contributed by atoms with Crippen molar-refractivity contribution in [3.8, 4) is 22.6 Å². The summed E-state index contributed by atoms with van der Waals surface area (Å²) in [7, 11) is 5.27. The summed E-state index contributed by atoms with van der Waals surface area (Å²) in [5.74, 6) is 1.54. The van der Waals surface area contributed by atoms with Gasteiger partial charge in [0.1, 0.15) is 16.0 Å². The zero-order valence-electron chi connectivity index (χ0n) is 12.7. The maximum Gasteiger partial charge on any atom is 0.144 e. The largest absolute Gasteiger partial charge is 0.495 e. The first-order valence-corrected chi connectivity index (χ1v) is 7.59. The van der Waals surface area contributed by atoms with E-state index in [1.54, 1.807) is 14.2 Å². The Bertz CT molecular complexity index is 611. The highest BCUT2D eigenvalue weighted by Gasteiger charge is 2.14. The van der Waals surface area contributed by atoms with E-state index < -0.39 is 0 Å². The molecule has 0 saturated heterocycles. The molecule has 0 aliphatic heterocycles. The van der Waals surface area contributed by atoms with Crippen LogP contribution in [-0.4, -0.2) is 21.3 Å². The summed E-state index contributed by atoms with van der Waals surface area (Å²) >= 11 is 3.54. The first-order chi connectivity index (χ1) is 10.1. The molecule has 0 fully saturated rings.